The molecular weight excluding hydrogens is 364 g/mol. The fraction of sp³-hybridized carbons (Fsp3) is 0.500. The van der Waals surface area contributed by atoms with Crippen LogP contribution < -0.4 is 5.32 Å². The van der Waals surface area contributed by atoms with E-state index in [0.717, 1.165) is 16.7 Å². The van der Waals surface area contributed by atoms with Gasteiger partial charge in [-0.15, -0.1) is 28.3 Å². The molecule has 2 aliphatic rings. The van der Waals surface area contributed by atoms with Crippen LogP contribution in [0.15, 0.2) is 16.6 Å². The predicted octanol–water partition coefficient (Wildman–Crippen LogP) is -0.159. The summed E-state index contributed by atoms with van der Waals surface area (Å²) in [6, 6.07) is 0. The Morgan fingerprint density at radius 3 is 2.62 bits per heavy atom. The number of rotatable bonds is 6. The third kappa shape index (κ3) is 3.22. The van der Waals surface area contributed by atoms with Gasteiger partial charge in [0.05, 0.1) is 29.2 Å². The van der Waals surface area contributed by atoms with Crippen molar-refractivity contribution in [1.82, 2.24) is 15.2 Å². The summed E-state index contributed by atoms with van der Waals surface area (Å²) in [5.74, 6) is -3.59. The molecule has 24 heavy (non-hydrogen) atoms. The minimum Gasteiger partial charge on any atom is -0.477 e. The number of nitroso groups, excluding NO2 is 1. The van der Waals surface area contributed by atoms with Crippen LogP contribution in [-0.4, -0.2) is 61.9 Å². The van der Waals surface area contributed by atoms with Gasteiger partial charge in [-0.1, -0.05) is 0 Å². The molecule has 1 saturated heterocycles. The van der Waals surface area contributed by atoms with Gasteiger partial charge in [0.1, 0.15) is 11.1 Å². The van der Waals surface area contributed by atoms with Crippen LogP contribution in [0.25, 0.3) is 0 Å². The maximum Gasteiger partial charge on any atom is 0.353 e. The zero-order valence-corrected chi connectivity index (χ0v) is 14.0. The van der Waals surface area contributed by atoms with Crippen molar-refractivity contribution < 1.29 is 24.3 Å². The number of carboxylic acid groups (broad SMARTS) is 1. The number of β-lactam (4-membered cyclic amide) rings is 1. The molecule has 0 spiro atoms. The molecular formula is C12H13ClN4O6S. The highest BCUT2D eigenvalue weighted by molar-refractivity contribution is 8.00. The predicted molar refractivity (Wildman–Crippen MR) is 83.3 cm³/mol. The standard InChI is InChI=1S/C12H13ClN4O6S/c1-5(18)14-10-8(11(20)16(15-23)3-2-13)9(12(21)22)17-6(19)4-7(17)24-10/h7,10H,2-4H2,1H3,(H,14,18)(H,21,22)/t7-,10?/m0/s1. The van der Waals surface area contributed by atoms with Gasteiger partial charge >= 0.3 is 5.97 Å². The number of fused-ring (bicyclic) bond motifs is 1. The molecule has 0 aliphatic carbocycles. The smallest absolute Gasteiger partial charge is 0.353 e. The van der Waals surface area contributed by atoms with Gasteiger partial charge in [0.25, 0.3) is 5.91 Å². The number of thioether (sulfide) groups is 1. The molecule has 1 fully saturated rings. The lowest BCUT2D eigenvalue weighted by atomic mass is 10.1. The fourth-order valence-electron chi connectivity index (χ4n) is 2.36. The van der Waals surface area contributed by atoms with Crippen LogP contribution in [0.3, 0.4) is 0 Å². The monoisotopic (exact) mass is 376 g/mol. The van der Waals surface area contributed by atoms with Crippen LogP contribution >= 0.6 is 23.4 Å². The normalized spacial score (nSPS) is 22.4. The van der Waals surface area contributed by atoms with E-state index in [1.807, 2.05) is 0 Å². The van der Waals surface area contributed by atoms with Crippen LogP contribution in [0.1, 0.15) is 13.3 Å². The number of hydrogen-bond donors (Lipinski definition) is 2. The van der Waals surface area contributed by atoms with Crippen molar-refractivity contribution >= 4 is 47.1 Å². The summed E-state index contributed by atoms with van der Waals surface area (Å²) in [5.41, 5.74) is -0.946. The number of alkyl halides is 1. The fourth-order valence-corrected chi connectivity index (χ4v) is 4.01. The van der Waals surface area contributed by atoms with Crippen molar-refractivity contribution in [3.63, 3.8) is 0 Å². The molecule has 12 heteroatoms. The number of carbonyl (C=O) groups excluding carboxylic acids is 3. The van der Waals surface area contributed by atoms with Crippen LogP contribution in [0.5, 0.6) is 0 Å². The van der Waals surface area contributed by atoms with Gasteiger partial charge in [0.15, 0.2) is 0 Å². The van der Waals surface area contributed by atoms with E-state index in [-0.39, 0.29) is 18.8 Å². The van der Waals surface area contributed by atoms with Crippen molar-refractivity contribution in [3.05, 3.63) is 16.2 Å². The van der Waals surface area contributed by atoms with Crippen LogP contribution in [0, 0.1) is 4.91 Å². The molecule has 1 unspecified atom stereocenters. The average molecular weight is 377 g/mol. The number of nitrogens with zero attached hydrogens (tertiary/aromatic N) is 3. The first-order valence-corrected chi connectivity index (χ1v) is 8.22. The van der Waals surface area contributed by atoms with E-state index in [2.05, 4.69) is 10.6 Å². The SMILES string of the molecule is CC(=O)NC1S[C@H]2CC(=O)N2C(C(=O)O)=C1C(=O)N(CCCl)N=O. The highest BCUT2D eigenvalue weighted by Crippen LogP contribution is 2.43. The summed E-state index contributed by atoms with van der Waals surface area (Å²) in [4.78, 5) is 59.1. The largest absolute Gasteiger partial charge is 0.477 e. The lowest BCUT2D eigenvalue weighted by Gasteiger charge is -2.46. The Morgan fingerprint density at radius 2 is 2.17 bits per heavy atom. The number of hydrogen-bond acceptors (Lipinski definition) is 7. The first-order valence-electron chi connectivity index (χ1n) is 6.75. The lowest BCUT2D eigenvalue weighted by molar-refractivity contribution is -0.146. The van der Waals surface area contributed by atoms with Crippen molar-refractivity contribution in [2.24, 2.45) is 5.29 Å². The van der Waals surface area contributed by atoms with E-state index in [0.29, 0.717) is 5.01 Å². The number of carbonyl (C=O) groups is 4. The summed E-state index contributed by atoms with van der Waals surface area (Å²) in [6.07, 6.45) is 0.0936. The van der Waals surface area contributed by atoms with E-state index in [1.165, 1.54) is 6.92 Å². The Bertz CT molecular complexity index is 653. The second-order valence-electron chi connectivity index (χ2n) is 4.91. The average Bonchev–Trinajstić information content (AvgIpc) is 2.49. The molecule has 10 nitrogen and oxygen atoms in total. The molecule has 2 heterocycles. The van der Waals surface area contributed by atoms with E-state index >= 15 is 0 Å². The molecule has 0 radical (unpaired) electrons. The minimum absolute atomic E-state index is 0.0936. The van der Waals surface area contributed by atoms with Crippen molar-refractivity contribution in [3.8, 4) is 0 Å². The summed E-state index contributed by atoms with van der Waals surface area (Å²) in [6.45, 7) is 0.963. The number of carboxylic acids is 1. The molecule has 0 aromatic carbocycles. The van der Waals surface area contributed by atoms with E-state index in [9.17, 15) is 29.2 Å². The summed E-state index contributed by atoms with van der Waals surface area (Å²) < 4.78 is 0. The number of amides is 3. The van der Waals surface area contributed by atoms with E-state index in [1.54, 1.807) is 0 Å². The van der Waals surface area contributed by atoms with Crippen LogP contribution in [0.4, 0.5) is 0 Å². The highest BCUT2D eigenvalue weighted by Gasteiger charge is 2.51. The molecule has 2 atom stereocenters. The van der Waals surface area contributed by atoms with Crippen LogP contribution in [0.2, 0.25) is 0 Å². The third-order valence-electron chi connectivity index (χ3n) is 3.35. The molecule has 2 rings (SSSR count). The third-order valence-corrected chi connectivity index (χ3v) is 4.84. The molecule has 0 bridgehead atoms. The summed E-state index contributed by atoms with van der Waals surface area (Å²) in [5, 5.41) is 13.4. The first-order chi connectivity index (χ1) is 11.3. The van der Waals surface area contributed by atoms with Gasteiger partial charge in [0.2, 0.25) is 11.8 Å². The Kier molecular flexibility index (Phi) is 5.44. The van der Waals surface area contributed by atoms with Gasteiger partial charge < -0.3 is 10.4 Å². The Hall–Kier alpha value is -2.14. The quantitative estimate of drug-likeness (QED) is 0.284. The van der Waals surface area contributed by atoms with E-state index in [4.69, 9.17) is 11.6 Å². The van der Waals surface area contributed by atoms with Crippen LogP contribution in [-0.2, 0) is 19.2 Å². The molecule has 2 aliphatic heterocycles. The number of nitrogens with one attached hydrogen (secondary N) is 1. The van der Waals surface area contributed by atoms with Crippen molar-refractivity contribution in [2.75, 3.05) is 12.4 Å². The van der Waals surface area contributed by atoms with Gasteiger partial charge in [-0.25, -0.2) is 4.79 Å². The van der Waals surface area contributed by atoms with Gasteiger partial charge in [-0.3, -0.25) is 19.3 Å². The molecule has 3 amide bonds. The van der Waals surface area contributed by atoms with Gasteiger partial charge in [-0.05, 0) is 0 Å². The highest BCUT2D eigenvalue weighted by atomic mass is 35.5. The number of halogens is 1. The maximum atomic E-state index is 12.6. The molecule has 0 aromatic heterocycles. The topological polar surface area (TPSA) is 136 Å². The van der Waals surface area contributed by atoms with Gasteiger partial charge in [0, 0.05) is 12.8 Å². The van der Waals surface area contributed by atoms with Crippen molar-refractivity contribution in [2.45, 2.75) is 24.1 Å². The Balaban J connectivity index is 2.54. The Labute approximate surface area is 145 Å². The molecule has 0 aromatic rings. The molecule has 0 saturated carbocycles. The summed E-state index contributed by atoms with van der Waals surface area (Å²) >= 11 is 6.54. The zero-order chi connectivity index (χ0) is 18.0. The first kappa shape index (κ1) is 18.2. The second kappa shape index (κ2) is 7.18. The number of aliphatic carboxylic acids is 1. The minimum atomic E-state index is -1.51. The van der Waals surface area contributed by atoms with Gasteiger partial charge in [-0.2, -0.15) is 5.01 Å². The lowest BCUT2D eigenvalue weighted by Crippen LogP contribution is -2.58. The van der Waals surface area contributed by atoms with E-state index < -0.39 is 45.7 Å². The molecule has 130 valence electrons. The van der Waals surface area contributed by atoms with Crippen molar-refractivity contribution in [1.29, 1.82) is 0 Å². The second-order valence-corrected chi connectivity index (χ2v) is 6.57. The maximum absolute atomic E-state index is 12.6. The zero-order valence-electron chi connectivity index (χ0n) is 12.4. The summed E-state index contributed by atoms with van der Waals surface area (Å²) in [7, 11) is 0. The molecule has 2 N–H and O–H groups in total. The Morgan fingerprint density at radius 1 is 1.50 bits per heavy atom.